The van der Waals surface area contributed by atoms with E-state index >= 15 is 0 Å². The Hall–Kier alpha value is -3.42. The highest BCUT2D eigenvalue weighted by molar-refractivity contribution is 6.01. The van der Waals surface area contributed by atoms with Gasteiger partial charge in [-0.1, -0.05) is 18.2 Å². The van der Waals surface area contributed by atoms with E-state index in [1.54, 1.807) is 19.3 Å². The number of carbonyl (C=O) groups excluding carboxylic acids is 2. The molecule has 5 rings (SSSR count). The molecule has 148 valence electrons. The number of para-hydroxylation sites is 1. The zero-order valence-corrected chi connectivity index (χ0v) is 16.0. The Morgan fingerprint density at radius 1 is 1.07 bits per heavy atom. The van der Waals surface area contributed by atoms with Crippen LogP contribution in [0.25, 0.3) is 0 Å². The molecule has 4 heterocycles. The van der Waals surface area contributed by atoms with Crippen molar-refractivity contribution in [2.45, 2.75) is 19.9 Å². The van der Waals surface area contributed by atoms with E-state index in [9.17, 15) is 9.59 Å². The van der Waals surface area contributed by atoms with Gasteiger partial charge in [-0.15, -0.1) is 10.2 Å². The first-order valence-electron chi connectivity index (χ1n) is 9.72. The Morgan fingerprint density at radius 2 is 1.86 bits per heavy atom. The number of anilines is 1. The summed E-state index contributed by atoms with van der Waals surface area (Å²) in [6.07, 6.45) is 2.26. The second-order valence-electron chi connectivity index (χ2n) is 7.70. The molecule has 0 unspecified atom stereocenters. The molecule has 2 atom stereocenters. The SMILES string of the molecule is Cc1occc1C(=O)N1C[C@H]2Cc3nnc(C(=O)Nc4ccccc4)n3C[C@H]2C1. The normalized spacial score (nSPS) is 20.2. The molecule has 29 heavy (non-hydrogen) atoms. The lowest BCUT2D eigenvalue weighted by atomic mass is 9.89. The van der Waals surface area contributed by atoms with Crippen molar-refractivity contribution in [3.63, 3.8) is 0 Å². The van der Waals surface area contributed by atoms with Gasteiger partial charge in [0.05, 0.1) is 11.8 Å². The van der Waals surface area contributed by atoms with Gasteiger partial charge in [-0.2, -0.15) is 0 Å². The summed E-state index contributed by atoms with van der Waals surface area (Å²) >= 11 is 0. The third kappa shape index (κ3) is 3.10. The van der Waals surface area contributed by atoms with E-state index in [1.807, 2.05) is 39.8 Å². The molecule has 0 aliphatic carbocycles. The number of nitrogens with one attached hydrogen (secondary N) is 1. The average Bonchev–Trinajstić information content (AvgIpc) is 3.43. The monoisotopic (exact) mass is 391 g/mol. The number of carbonyl (C=O) groups is 2. The molecule has 8 heteroatoms. The molecule has 0 radical (unpaired) electrons. The number of amides is 2. The number of aromatic nitrogens is 3. The summed E-state index contributed by atoms with van der Waals surface area (Å²) < 4.78 is 7.18. The summed E-state index contributed by atoms with van der Waals surface area (Å²) in [5.74, 6) is 2.10. The molecule has 2 aliphatic heterocycles. The molecule has 2 aliphatic rings. The fraction of sp³-hybridized carbons (Fsp3) is 0.333. The second-order valence-corrected chi connectivity index (χ2v) is 7.70. The lowest BCUT2D eigenvalue weighted by Gasteiger charge is -2.25. The van der Waals surface area contributed by atoms with E-state index in [0.29, 0.717) is 49.1 Å². The number of benzene rings is 1. The van der Waals surface area contributed by atoms with Crippen LogP contribution in [0.5, 0.6) is 0 Å². The number of furan rings is 1. The van der Waals surface area contributed by atoms with Gasteiger partial charge in [0.2, 0.25) is 5.82 Å². The van der Waals surface area contributed by atoms with E-state index in [2.05, 4.69) is 15.5 Å². The molecule has 1 saturated heterocycles. The number of hydrogen-bond acceptors (Lipinski definition) is 5. The van der Waals surface area contributed by atoms with Crippen LogP contribution in [0.3, 0.4) is 0 Å². The van der Waals surface area contributed by atoms with Crippen molar-refractivity contribution in [2.75, 3.05) is 18.4 Å². The van der Waals surface area contributed by atoms with Crippen LogP contribution in [0.1, 0.15) is 32.6 Å². The van der Waals surface area contributed by atoms with Crippen molar-refractivity contribution in [1.29, 1.82) is 0 Å². The minimum absolute atomic E-state index is 0.00320. The molecule has 0 spiro atoms. The number of aryl methyl sites for hydroxylation is 1. The number of nitrogens with zero attached hydrogens (tertiary/aromatic N) is 4. The number of fused-ring (bicyclic) bond motifs is 2. The van der Waals surface area contributed by atoms with Crippen molar-refractivity contribution in [3.05, 3.63) is 65.6 Å². The first kappa shape index (κ1) is 17.7. The van der Waals surface area contributed by atoms with Crippen LogP contribution in [0.4, 0.5) is 5.69 Å². The lowest BCUT2D eigenvalue weighted by Crippen LogP contribution is -2.31. The summed E-state index contributed by atoms with van der Waals surface area (Å²) in [7, 11) is 0. The third-order valence-corrected chi connectivity index (χ3v) is 5.88. The van der Waals surface area contributed by atoms with Crippen LogP contribution >= 0.6 is 0 Å². The highest BCUT2D eigenvalue weighted by Crippen LogP contribution is 2.33. The minimum atomic E-state index is -0.270. The van der Waals surface area contributed by atoms with Gasteiger partial charge in [-0.25, -0.2) is 0 Å². The van der Waals surface area contributed by atoms with E-state index in [0.717, 1.165) is 11.5 Å². The molecule has 1 fully saturated rings. The summed E-state index contributed by atoms with van der Waals surface area (Å²) in [4.78, 5) is 27.4. The topological polar surface area (TPSA) is 93.3 Å². The van der Waals surface area contributed by atoms with Crippen molar-refractivity contribution >= 4 is 17.5 Å². The minimum Gasteiger partial charge on any atom is -0.469 e. The molecule has 1 N–H and O–H groups in total. The largest absolute Gasteiger partial charge is 0.469 e. The van der Waals surface area contributed by atoms with Crippen molar-refractivity contribution in [3.8, 4) is 0 Å². The number of hydrogen-bond donors (Lipinski definition) is 1. The smallest absolute Gasteiger partial charge is 0.293 e. The molecule has 2 amide bonds. The van der Waals surface area contributed by atoms with Crippen LogP contribution in [-0.4, -0.2) is 44.6 Å². The summed E-state index contributed by atoms with van der Waals surface area (Å²) in [6, 6.07) is 11.0. The Morgan fingerprint density at radius 3 is 2.62 bits per heavy atom. The van der Waals surface area contributed by atoms with Crippen LogP contribution in [0.2, 0.25) is 0 Å². The Labute approximate surface area is 167 Å². The Bertz CT molecular complexity index is 1070. The average molecular weight is 391 g/mol. The predicted octanol–water partition coefficient (Wildman–Crippen LogP) is 2.38. The summed E-state index contributed by atoms with van der Waals surface area (Å²) in [5, 5.41) is 11.3. The molecule has 0 bridgehead atoms. The maximum Gasteiger partial charge on any atom is 0.293 e. The van der Waals surface area contributed by atoms with E-state index < -0.39 is 0 Å². The fourth-order valence-corrected chi connectivity index (χ4v) is 4.34. The van der Waals surface area contributed by atoms with Gasteiger partial charge < -0.3 is 19.2 Å². The van der Waals surface area contributed by atoms with Gasteiger partial charge in [0, 0.05) is 31.7 Å². The van der Waals surface area contributed by atoms with Gasteiger partial charge >= 0.3 is 0 Å². The quantitative estimate of drug-likeness (QED) is 0.740. The third-order valence-electron chi connectivity index (χ3n) is 5.88. The van der Waals surface area contributed by atoms with Crippen molar-refractivity contribution < 1.29 is 14.0 Å². The first-order valence-corrected chi connectivity index (χ1v) is 9.72. The van der Waals surface area contributed by atoms with Crippen molar-refractivity contribution in [1.82, 2.24) is 19.7 Å². The van der Waals surface area contributed by atoms with Gasteiger partial charge in [0.25, 0.3) is 11.8 Å². The zero-order chi connectivity index (χ0) is 20.0. The van der Waals surface area contributed by atoms with Crippen LogP contribution < -0.4 is 5.32 Å². The van der Waals surface area contributed by atoms with Crippen LogP contribution in [-0.2, 0) is 13.0 Å². The molecular formula is C21H21N5O3. The van der Waals surface area contributed by atoms with Crippen LogP contribution in [0, 0.1) is 18.8 Å². The molecule has 0 saturated carbocycles. The van der Waals surface area contributed by atoms with E-state index in [1.165, 1.54) is 0 Å². The summed E-state index contributed by atoms with van der Waals surface area (Å²) in [6.45, 7) is 3.78. The van der Waals surface area contributed by atoms with E-state index in [4.69, 9.17) is 4.42 Å². The highest BCUT2D eigenvalue weighted by Gasteiger charge is 2.41. The Balaban J connectivity index is 1.32. The molecular weight excluding hydrogens is 370 g/mol. The molecule has 8 nitrogen and oxygen atoms in total. The molecule has 2 aromatic heterocycles. The number of rotatable bonds is 3. The lowest BCUT2D eigenvalue weighted by molar-refractivity contribution is 0.0781. The maximum absolute atomic E-state index is 12.8. The first-order chi connectivity index (χ1) is 14.1. The predicted molar refractivity (Wildman–Crippen MR) is 104 cm³/mol. The zero-order valence-electron chi connectivity index (χ0n) is 16.0. The molecule has 3 aromatic rings. The van der Waals surface area contributed by atoms with Crippen molar-refractivity contribution in [2.24, 2.45) is 11.8 Å². The summed E-state index contributed by atoms with van der Waals surface area (Å²) in [5.41, 5.74) is 1.34. The standard InChI is InChI=1S/C21H21N5O3/c1-13-17(7-8-29-13)21(28)25-10-14-9-18-23-24-19(26(18)12-15(14)11-25)20(27)22-16-5-3-2-4-6-16/h2-8,14-15H,9-12H2,1H3,(H,22,27)/t14-,15-/m1/s1. The van der Waals surface area contributed by atoms with Gasteiger partial charge in [-0.05, 0) is 37.0 Å². The second kappa shape index (κ2) is 6.88. The fourth-order valence-electron chi connectivity index (χ4n) is 4.34. The molecule has 1 aromatic carbocycles. The highest BCUT2D eigenvalue weighted by atomic mass is 16.3. The number of likely N-dealkylation sites (tertiary alicyclic amines) is 1. The van der Waals surface area contributed by atoms with Gasteiger partial charge in [0.1, 0.15) is 11.6 Å². The Kier molecular flexibility index (Phi) is 4.19. The van der Waals surface area contributed by atoms with Gasteiger partial charge in [0.15, 0.2) is 0 Å². The van der Waals surface area contributed by atoms with Crippen LogP contribution in [0.15, 0.2) is 47.1 Å². The maximum atomic E-state index is 12.8. The van der Waals surface area contributed by atoms with E-state index in [-0.39, 0.29) is 17.7 Å². The van der Waals surface area contributed by atoms with Gasteiger partial charge in [-0.3, -0.25) is 9.59 Å².